The van der Waals surface area contributed by atoms with E-state index in [4.69, 9.17) is 11.5 Å². The van der Waals surface area contributed by atoms with Gasteiger partial charge in [0.05, 0.1) is 11.2 Å². The first-order chi connectivity index (χ1) is 13.7. The van der Waals surface area contributed by atoms with E-state index in [0.717, 1.165) is 42.6 Å². The van der Waals surface area contributed by atoms with E-state index < -0.39 is 0 Å². The number of anilines is 2. The molecule has 0 bridgehead atoms. The summed E-state index contributed by atoms with van der Waals surface area (Å²) in [5.41, 5.74) is 17.7. The molecule has 0 saturated carbocycles. The van der Waals surface area contributed by atoms with Crippen molar-refractivity contribution >= 4 is 22.7 Å². The molecule has 1 aliphatic rings. The molecule has 6 heteroatoms. The highest BCUT2D eigenvalue weighted by molar-refractivity contribution is 5.83. The molecule has 0 aliphatic heterocycles. The van der Waals surface area contributed by atoms with Crippen molar-refractivity contribution in [3.05, 3.63) is 71.8 Å². The van der Waals surface area contributed by atoms with Crippen LogP contribution < -0.4 is 11.5 Å². The van der Waals surface area contributed by atoms with E-state index in [0.29, 0.717) is 5.82 Å². The third-order valence-electron chi connectivity index (χ3n) is 5.63. The molecule has 4 N–H and O–H groups in total. The molecule has 3 heterocycles. The van der Waals surface area contributed by atoms with Crippen molar-refractivity contribution in [3.8, 4) is 5.69 Å². The molecule has 0 saturated heterocycles. The van der Waals surface area contributed by atoms with Crippen LogP contribution >= 0.6 is 0 Å². The average Bonchev–Trinajstić information content (AvgIpc) is 3.00. The van der Waals surface area contributed by atoms with Crippen LogP contribution in [0.15, 0.2) is 55.0 Å². The highest BCUT2D eigenvalue weighted by Crippen LogP contribution is 2.39. The molecule has 6 nitrogen and oxygen atoms in total. The van der Waals surface area contributed by atoms with Gasteiger partial charge in [-0.2, -0.15) is 4.98 Å². The zero-order valence-electron chi connectivity index (χ0n) is 15.5. The summed E-state index contributed by atoms with van der Waals surface area (Å²) < 4.78 is 2.18. The van der Waals surface area contributed by atoms with Crippen LogP contribution in [0.5, 0.6) is 0 Å². The van der Waals surface area contributed by atoms with Gasteiger partial charge in [-0.3, -0.25) is 4.98 Å². The monoisotopic (exact) mass is 370 g/mol. The Hall–Kier alpha value is -3.41. The number of benzene rings is 1. The molecule has 1 atom stereocenters. The van der Waals surface area contributed by atoms with Gasteiger partial charge in [-0.1, -0.05) is 12.5 Å². The van der Waals surface area contributed by atoms with E-state index in [1.54, 1.807) is 0 Å². The largest absolute Gasteiger partial charge is 0.383 e. The van der Waals surface area contributed by atoms with E-state index in [1.807, 2.05) is 24.5 Å². The fraction of sp³-hybridized carbons (Fsp3) is 0.227. The molecule has 140 valence electrons. The lowest BCUT2D eigenvalue weighted by Crippen LogP contribution is -2.12. The smallest absolute Gasteiger partial charge is 0.222 e. The lowest BCUT2D eigenvalue weighted by atomic mass is 9.87. The van der Waals surface area contributed by atoms with E-state index in [-0.39, 0.29) is 11.9 Å². The summed E-state index contributed by atoms with van der Waals surface area (Å²) >= 11 is 0. The zero-order valence-corrected chi connectivity index (χ0v) is 15.5. The van der Waals surface area contributed by atoms with Gasteiger partial charge in [0, 0.05) is 41.1 Å². The first kappa shape index (κ1) is 16.7. The Balaban J connectivity index is 1.61. The van der Waals surface area contributed by atoms with E-state index in [2.05, 4.69) is 50.0 Å². The number of nitrogens with two attached hydrogens (primary N) is 2. The maximum Gasteiger partial charge on any atom is 0.222 e. The van der Waals surface area contributed by atoms with Crippen molar-refractivity contribution in [1.29, 1.82) is 0 Å². The summed E-state index contributed by atoms with van der Waals surface area (Å²) in [4.78, 5) is 12.8. The molecule has 3 aromatic heterocycles. The molecule has 28 heavy (non-hydrogen) atoms. The number of hydrogen-bond donors (Lipinski definition) is 2. The number of pyridine rings is 1. The quantitative estimate of drug-likeness (QED) is 0.523. The fourth-order valence-electron chi connectivity index (χ4n) is 4.35. The third kappa shape index (κ3) is 2.78. The second-order valence-electron chi connectivity index (χ2n) is 7.34. The van der Waals surface area contributed by atoms with Crippen molar-refractivity contribution in [2.45, 2.75) is 31.6 Å². The second-order valence-corrected chi connectivity index (χ2v) is 7.34. The molecular formula is C22H22N6. The van der Waals surface area contributed by atoms with Crippen molar-refractivity contribution in [1.82, 2.24) is 19.5 Å². The molecule has 0 radical (unpaired) electrons. The van der Waals surface area contributed by atoms with Crippen molar-refractivity contribution < 1.29 is 0 Å². The number of nitrogen functional groups attached to an aromatic ring is 2. The molecule has 0 spiro atoms. The number of hydrogen-bond acceptors (Lipinski definition) is 5. The summed E-state index contributed by atoms with van der Waals surface area (Å²) in [6, 6.07) is 12.8. The van der Waals surface area contributed by atoms with Gasteiger partial charge in [-0.05, 0) is 55.2 Å². The molecule has 1 aromatic carbocycles. The maximum absolute atomic E-state index is 6.29. The SMILES string of the molecule is Nc1nc(N)c2c(n1)CCCCC2c1ccc2c(ccn2-c2ccncc2)c1. The zero-order chi connectivity index (χ0) is 19.1. The summed E-state index contributed by atoms with van der Waals surface area (Å²) in [7, 11) is 0. The molecule has 5 rings (SSSR count). The Morgan fingerprint density at radius 2 is 1.82 bits per heavy atom. The molecule has 0 fully saturated rings. The lowest BCUT2D eigenvalue weighted by molar-refractivity contribution is 0.659. The second kappa shape index (κ2) is 6.64. The van der Waals surface area contributed by atoms with Gasteiger partial charge in [0.2, 0.25) is 5.95 Å². The Morgan fingerprint density at radius 3 is 2.68 bits per heavy atom. The highest BCUT2D eigenvalue weighted by Gasteiger charge is 2.25. The van der Waals surface area contributed by atoms with Gasteiger partial charge < -0.3 is 16.0 Å². The minimum atomic E-state index is 0.201. The van der Waals surface area contributed by atoms with Crippen LogP contribution in [0.2, 0.25) is 0 Å². The lowest BCUT2D eigenvalue weighted by Gasteiger charge is -2.19. The van der Waals surface area contributed by atoms with E-state index in [1.165, 1.54) is 16.5 Å². The predicted octanol–water partition coefficient (Wildman–Crippen LogP) is 3.84. The van der Waals surface area contributed by atoms with Gasteiger partial charge >= 0.3 is 0 Å². The minimum absolute atomic E-state index is 0.201. The number of rotatable bonds is 2. The Kier molecular flexibility index (Phi) is 3.97. The summed E-state index contributed by atoms with van der Waals surface area (Å²) in [5.74, 6) is 0.984. The van der Waals surface area contributed by atoms with Crippen LogP contribution in [-0.2, 0) is 6.42 Å². The first-order valence-corrected chi connectivity index (χ1v) is 9.64. The molecular weight excluding hydrogens is 348 g/mol. The summed E-state index contributed by atoms with van der Waals surface area (Å²) in [6.45, 7) is 0. The molecule has 1 unspecified atom stereocenters. The third-order valence-corrected chi connectivity index (χ3v) is 5.63. The van der Waals surface area contributed by atoms with E-state index >= 15 is 0 Å². The van der Waals surface area contributed by atoms with Crippen molar-refractivity contribution in [2.75, 3.05) is 11.5 Å². The fourth-order valence-corrected chi connectivity index (χ4v) is 4.35. The highest BCUT2D eigenvalue weighted by atomic mass is 15.0. The Morgan fingerprint density at radius 1 is 0.964 bits per heavy atom. The van der Waals surface area contributed by atoms with Crippen LogP contribution in [0, 0.1) is 0 Å². The Labute approximate surface area is 163 Å². The summed E-state index contributed by atoms with van der Waals surface area (Å²) in [6.07, 6.45) is 9.91. The van der Waals surface area contributed by atoms with E-state index in [9.17, 15) is 0 Å². The first-order valence-electron chi connectivity index (χ1n) is 9.64. The van der Waals surface area contributed by atoms with Gasteiger partial charge in [0.25, 0.3) is 0 Å². The number of aryl methyl sites for hydroxylation is 1. The number of fused-ring (bicyclic) bond motifs is 2. The van der Waals surface area contributed by atoms with Gasteiger partial charge in [0.1, 0.15) is 5.82 Å². The maximum atomic E-state index is 6.29. The number of aromatic nitrogens is 4. The summed E-state index contributed by atoms with van der Waals surface area (Å²) in [5, 5.41) is 1.20. The number of nitrogens with zero attached hydrogens (tertiary/aromatic N) is 4. The van der Waals surface area contributed by atoms with Crippen LogP contribution in [0.3, 0.4) is 0 Å². The molecule has 1 aliphatic carbocycles. The molecule has 0 amide bonds. The topological polar surface area (TPSA) is 95.6 Å². The predicted molar refractivity (Wildman–Crippen MR) is 111 cm³/mol. The Bertz CT molecular complexity index is 1150. The normalized spacial score (nSPS) is 16.6. The van der Waals surface area contributed by atoms with Crippen LogP contribution in [0.1, 0.15) is 42.0 Å². The van der Waals surface area contributed by atoms with Gasteiger partial charge in [-0.25, -0.2) is 4.98 Å². The minimum Gasteiger partial charge on any atom is -0.383 e. The van der Waals surface area contributed by atoms with Crippen LogP contribution in [0.25, 0.3) is 16.6 Å². The van der Waals surface area contributed by atoms with Crippen LogP contribution in [-0.4, -0.2) is 19.5 Å². The average molecular weight is 370 g/mol. The standard InChI is InChI=1S/C22H22N6/c23-21-20-17(3-1-2-4-18(20)26-22(24)27-21)14-5-6-19-15(13-14)9-12-28(19)16-7-10-25-11-8-16/h5-13,17H,1-4H2,(H4,23,24,26,27). The molecule has 4 aromatic rings. The van der Waals surface area contributed by atoms with Crippen molar-refractivity contribution in [2.24, 2.45) is 0 Å². The van der Waals surface area contributed by atoms with Crippen molar-refractivity contribution in [3.63, 3.8) is 0 Å². The van der Waals surface area contributed by atoms with Gasteiger partial charge in [-0.15, -0.1) is 0 Å². The van der Waals surface area contributed by atoms with Crippen LogP contribution in [0.4, 0.5) is 11.8 Å². The van der Waals surface area contributed by atoms with Gasteiger partial charge in [0.15, 0.2) is 0 Å².